The van der Waals surface area contributed by atoms with Gasteiger partial charge in [0.25, 0.3) is 0 Å². The largest absolute Gasteiger partial charge is 0.496 e. The zero-order valence-corrected chi connectivity index (χ0v) is 10.2. The van der Waals surface area contributed by atoms with Gasteiger partial charge in [0, 0.05) is 5.56 Å². The molecule has 0 aliphatic heterocycles. The summed E-state index contributed by atoms with van der Waals surface area (Å²) >= 11 is 6.44. The van der Waals surface area contributed by atoms with E-state index in [1.165, 1.54) is 0 Å². The van der Waals surface area contributed by atoms with Crippen molar-refractivity contribution in [3.63, 3.8) is 0 Å². The Morgan fingerprint density at radius 2 is 2.23 bits per heavy atom. The molecule has 0 radical (unpaired) electrons. The van der Waals surface area contributed by atoms with E-state index in [-0.39, 0.29) is 5.78 Å². The molecule has 0 heterocycles. The van der Waals surface area contributed by atoms with Gasteiger partial charge < -0.3 is 4.74 Å². The molecule has 0 fully saturated rings. The zero-order valence-electron chi connectivity index (χ0n) is 7.01. The van der Waals surface area contributed by atoms with Crippen molar-refractivity contribution in [1.82, 2.24) is 0 Å². The summed E-state index contributed by atoms with van der Waals surface area (Å²) in [5, 5.41) is 0.318. The van der Waals surface area contributed by atoms with E-state index in [0.717, 1.165) is 0 Å². The quantitative estimate of drug-likeness (QED) is 0.634. The first-order chi connectivity index (χ1) is 6.20. The molecule has 0 aliphatic rings. The monoisotopic (exact) mass is 306 g/mol. The van der Waals surface area contributed by atoms with E-state index in [4.69, 9.17) is 4.74 Å². The van der Waals surface area contributed by atoms with Gasteiger partial charge in [0.1, 0.15) is 5.75 Å². The summed E-state index contributed by atoms with van der Waals surface area (Å²) in [6.07, 6.45) is 0. The molecule has 1 aromatic rings. The van der Waals surface area contributed by atoms with Crippen LogP contribution < -0.4 is 4.74 Å². The van der Waals surface area contributed by atoms with Crippen molar-refractivity contribution in [1.29, 1.82) is 0 Å². The van der Waals surface area contributed by atoms with Gasteiger partial charge in [-0.25, -0.2) is 0 Å². The zero-order chi connectivity index (χ0) is 9.84. The summed E-state index contributed by atoms with van der Waals surface area (Å²) in [5.41, 5.74) is 0.635. The Labute approximate surface area is 93.5 Å². The molecular formula is C9H8Br2O2. The van der Waals surface area contributed by atoms with Crippen LogP contribution in [0.4, 0.5) is 0 Å². The van der Waals surface area contributed by atoms with Gasteiger partial charge in [-0.05, 0) is 28.1 Å². The minimum absolute atomic E-state index is 0.0331. The van der Waals surface area contributed by atoms with Crippen LogP contribution in [-0.2, 0) is 0 Å². The maximum Gasteiger partial charge on any atom is 0.174 e. The number of rotatable bonds is 3. The van der Waals surface area contributed by atoms with Crippen molar-refractivity contribution in [2.24, 2.45) is 0 Å². The second-order valence-corrected chi connectivity index (χ2v) is 3.73. The summed E-state index contributed by atoms with van der Waals surface area (Å²) in [4.78, 5) is 11.4. The van der Waals surface area contributed by atoms with Crippen LogP contribution in [0.15, 0.2) is 22.7 Å². The predicted octanol–water partition coefficient (Wildman–Crippen LogP) is 3.04. The molecule has 0 aromatic heterocycles. The van der Waals surface area contributed by atoms with Crippen LogP contribution in [-0.4, -0.2) is 18.2 Å². The molecule has 13 heavy (non-hydrogen) atoms. The number of hydrogen-bond acceptors (Lipinski definition) is 2. The molecule has 2 nitrogen and oxygen atoms in total. The van der Waals surface area contributed by atoms with Gasteiger partial charge in [-0.2, -0.15) is 0 Å². The fourth-order valence-electron chi connectivity index (χ4n) is 0.956. The molecular weight excluding hydrogens is 300 g/mol. The first kappa shape index (κ1) is 10.7. The number of Topliss-reactive ketones (excluding diaryl/α,β-unsaturated/α-hetero) is 1. The lowest BCUT2D eigenvalue weighted by Gasteiger charge is -2.06. The summed E-state index contributed by atoms with van der Waals surface area (Å²) in [5.74, 6) is 0.706. The van der Waals surface area contributed by atoms with Crippen molar-refractivity contribution in [3.8, 4) is 5.75 Å². The summed E-state index contributed by atoms with van der Waals surface area (Å²) in [6, 6.07) is 5.35. The molecule has 0 bridgehead atoms. The van der Waals surface area contributed by atoms with Crippen LogP contribution in [0.2, 0.25) is 0 Å². The Morgan fingerprint density at radius 1 is 1.54 bits per heavy atom. The predicted molar refractivity (Wildman–Crippen MR) is 58.8 cm³/mol. The van der Waals surface area contributed by atoms with Gasteiger partial charge in [0.15, 0.2) is 5.78 Å². The lowest BCUT2D eigenvalue weighted by molar-refractivity contribution is 0.102. The summed E-state index contributed by atoms with van der Waals surface area (Å²) in [6.45, 7) is 0. The first-order valence-corrected chi connectivity index (χ1v) is 5.53. The van der Waals surface area contributed by atoms with E-state index in [0.29, 0.717) is 21.1 Å². The molecule has 0 aliphatic carbocycles. The third kappa shape index (κ3) is 2.31. The molecule has 0 saturated carbocycles. The van der Waals surface area contributed by atoms with Gasteiger partial charge in [0.2, 0.25) is 0 Å². The third-order valence-corrected chi connectivity index (χ3v) is 2.93. The highest BCUT2D eigenvalue weighted by atomic mass is 79.9. The minimum Gasteiger partial charge on any atom is -0.496 e. The average Bonchev–Trinajstić information content (AvgIpc) is 2.17. The normalized spacial score (nSPS) is 9.77. The lowest BCUT2D eigenvalue weighted by Crippen LogP contribution is -2.01. The molecule has 0 amide bonds. The number of carbonyl (C=O) groups is 1. The number of ether oxygens (including phenoxy) is 1. The molecule has 0 atom stereocenters. The van der Waals surface area contributed by atoms with Gasteiger partial charge in [-0.15, -0.1) is 0 Å². The molecule has 0 saturated heterocycles. The first-order valence-electron chi connectivity index (χ1n) is 3.62. The Kier molecular flexibility index (Phi) is 3.93. The number of benzene rings is 1. The van der Waals surface area contributed by atoms with Crippen LogP contribution in [0.5, 0.6) is 5.75 Å². The number of alkyl halides is 1. The Morgan fingerprint density at radius 3 is 2.77 bits per heavy atom. The maximum atomic E-state index is 11.4. The van der Waals surface area contributed by atoms with Crippen LogP contribution in [0.25, 0.3) is 0 Å². The average molecular weight is 308 g/mol. The fourth-order valence-corrected chi connectivity index (χ4v) is 1.91. The van der Waals surface area contributed by atoms with Crippen LogP contribution in [0.3, 0.4) is 0 Å². The highest BCUT2D eigenvalue weighted by Crippen LogP contribution is 2.28. The van der Waals surface area contributed by atoms with Gasteiger partial charge >= 0.3 is 0 Å². The second-order valence-electron chi connectivity index (χ2n) is 2.38. The number of halogens is 2. The number of methoxy groups -OCH3 is 1. The standard InChI is InChI=1S/C9H8Br2O2/c1-13-8-4-2-3-6(9(8)11)7(12)5-10/h2-4H,5H2,1H3. The smallest absolute Gasteiger partial charge is 0.174 e. The van der Waals surface area contributed by atoms with E-state index in [9.17, 15) is 4.79 Å². The SMILES string of the molecule is COc1cccc(C(=O)CBr)c1Br. The van der Waals surface area contributed by atoms with E-state index in [1.807, 2.05) is 0 Å². The number of carbonyl (C=O) groups excluding carboxylic acids is 1. The summed E-state index contributed by atoms with van der Waals surface area (Å²) in [7, 11) is 1.57. The molecule has 0 unspecified atom stereocenters. The van der Waals surface area contributed by atoms with Crippen molar-refractivity contribution >= 4 is 37.6 Å². The van der Waals surface area contributed by atoms with Gasteiger partial charge in [-0.3, -0.25) is 4.79 Å². The van der Waals surface area contributed by atoms with E-state index in [2.05, 4.69) is 31.9 Å². The van der Waals surface area contributed by atoms with Crippen LogP contribution >= 0.6 is 31.9 Å². The highest BCUT2D eigenvalue weighted by Gasteiger charge is 2.11. The Balaban J connectivity index is 3.15. The van der Waals surface area contributed by atoms with Gasteiger partial charge in [0.05, 0.1) is 16.9 Å². The molecule has 0 N–H and O–H groups in total. The van der Waals surface area contributed by atoms with Crippen molar-refractivity contribution < 1.29 is 9.53 Å². The fraction of sp³-hybridized carbons (Fsp3) is 0.222. The van der Waals surface area contributed by atoms with Crippen molar-refractivity contribution in [2.45, 2.75) is 0 Å². The third-order valence-electron chi connectivity index (χ3n) is 1.60. The van der Waals surface area contributed by atoms with Crippen LogP contribution in [0, 0.1) is 0 Å². The summed E-state index contributed by atoms with van der Waals surface area (Å²) < 4.78 is 5.78. The molecule has 1 aromatic carbocycles. The maximum absolute atomic E-state index is 11.4. The lowest BCUT2D eigenvalue weighted by atomic mass is 10.1. The van der Waals surface area contributed by atoms with E-state index in [1.54, 1.807) is 25.3 Å². The van der Waals surface area contributed by atoms with Crippen molar-refractivity contribution in [3.05, 3.63) is 28.2 Å². The van der Waals surface area contributed by atoms with E-state index < -0.39 is 0 Å². The molecule has 4 heteroatoms. The Bertz CT molecular complexity index is 323. The molecule has 70 valence electrons. The molecule has 1 rings (SSSR count). The molecule has 0 spiro atoms. The highest BCUT2D eigenvalue weighted by molar-refractivity contribution is 9.10. The second kappa shape index (κ2) is 4.77. The van der Waals surface area contributed by atoms with E-state index >= 15 is 0 Å². The van der Waals surface area contributed by atoms with Gasteiger partial charge in [-0.1, -0.05) is 22.0 Å². The van der Waals surface area contributed by atoms with Crippen LogP contribution in [0.1, 0.15) is 10.4 Å². The topological polar surface area (TPSA) is 26.3 Å². The minimum atomic E-state index is 0.0331. The Hall–Kier alpha value is -0.350. The number of hydrogen-bond donors (Lipinski definition) is 0. The van der Waals surface area contributed by atoms with Crippen molar-refractivity contribution in [2.75, 3.05) is 12.4 Å². The number of ketones is 1.